The number of fused-ring (bicyclic) bond motifs is 2. The molecule has 1 N–H and O–H groups in total. The second kappa shape index (κ2) is 5.93. The Kier molecular flexibility index (Phi) is 4.18. The Morgan fingerprint density at radius 2 is 2.00 bits per heavy atom. The molecule has 2 heterocycles. The predicted molar refractivity (Wildman–Crippen MR) is 80.0 cm³/mol. The number of halogens is 1. The number of benzene rings is 1. The lowest BCUT2D eigenvalue weighted by atomic mass is 9.84. The van der Waals surface area contributed by atoms with E-state index in [-0.39, 0.29) is 17.5 Å². The van der Waals surface area contributed by atoms with Crippen molar-refractivity contribution >= 4 is 0 Å². The van der Waals surface area contributed by atoms with Gasteiger partial charge in [0.25, 0.3) is 0 Å². The largest absolute Gasteiger partial charge is 0.494 e. The van der Waals surface area contributed by atoms with Gasteiger partial charge in [0.05, 0.1) is 13.2 Å². The van der Waals surface area contributed by atoms with Gasteiger partial charge in [0.15, 0.2) is 11.6 Å². The number of methoxy groups -OCH3 is 1. The summed E-state index contributed by atoms with van der Waals surface area (Å²) in [5.74, 6) is 0.197. The van der Waals surface area contributed by atoms with Crippen molar-refractivity contribution in [1.29, 1.82) is 0 Å². The Morgan fingerprint density at radius 3 is 2.62 bits per heavy atom. The van der Waals surface area contributed by atoms with Gasteiger partial charge in [0.1, 0.15) is 0 Å². The minimum absolute atomic E-state index is 0.253. The van der Waals surface area contributed by atoms with E-state index in [0.717, 1.165) is 12.8 Å². The topological polar surface area (TPSA) is 32.7 Å². The zero-order valence-corrected chi connectivity index (χ0v) is 12.8. The molecule has 0 radical (unpaired) electrons. The minimum Gasteiger partial charge on any atom is -0.494 e. The molecule has 116 valence electrons. The lowest BCUT2D eigenvalue weighted by Crippen LogP contribution is -2.43. The van der Waals surface area contributed by atoms with Crippen LogP contribution in [0.3, 0.4) is 0 Å². The van der Waals surface area contributed by atoms with Crippen molar-refractivity contribution in [2.45, 2.75) is 50.3 Å². The van der Waals surface area contributed by atoms with Crippen molar-refractivity contribution in [3.8, 4) is 5.75 Å². The highest BCUT2D eigenvalue weighted by molar-refractivity contribution is 5.31. The summed E-state index contributed by atoms with van der Waals surface area (Å²) in [6, 6.07) is 6.32. The molecule has 2 bridgehead atoms. The summed E-state index contributed by atoms with van der Waals surface area (Å²) in [5.41, 5.74) is 0.549. The maximum atomic E-state index is 14.2. The molecule has 1 aromatic carbocycles. The number of aliphatic hydroxyl groups excluding tert-OH is 1. The van der Waals surface area contributed by atoms with Crippen LogP contribution in [0, 0.1) is 11.7 Å². The molecule has 21 heavy (non-hydrogen) atoms. The van der Waals surface area contributed by atoms with E-state index in [4.69, 9.17) is 4.74 Å². The Balaban J connectivity index is 1.68. The van der Waals surface area contributed by atoms with Gasteiger partial charge < -0.3 is 14.7 Å². The van der Waals surface area contributed by atoms with Crippen LogP contribution >= 0.6 is 0 Å². The molecule has 0 saturated carbocycles. The van der Waals surface area contributed by atoms with E-state index >= 15 is 0 Å². The highest BCUT2D eigenvalue weighted by atomic mass is 19.1. The minimum atomic E-state index is -0.469. The Hall–Kier alpha value is -1.13. The van der Waals surface area contributed by atoms with Crippen LogP contribution in [0.2, 0.25) is 0 Å². The molecular weight excluding hydrogens is 269 g/mol. The molecule has 2 saturated heterocycles. The van der Waals surface area contributed by atoms with Crippen LogP contribution in [0.1, 0.15) is 31.2 Å². The van der Waals surface area contributed by atoms with Crippen molar-refractivity contribution in [2.75, 3.05) is 14.2 Å². The molecule has 0 spiro atoms. The molecule has 1 aromatic rings. The second-order valence-corrected chi connectivity index (χ2v) is 6.49. The fourth-order valence-corrected chi connectivity index (χ4v) is 4.03. The van der Waals surface area contributed by atoms with E-state index < -0.39 is 6.10 Å². The van der Waals surface area contributed by atoms with E-state index in [0.29, 0.717) is 24.1 Å². The smallest absolute Gasteiger partial charge is 0.168 e. The van der Waals surface area contributed by atoms with Crippen molar-refractivity contribution < 1.29 is 14.2 Å². The summed E-state index contributed by atoms with van der Waals surface area (Å²) in [6.07, 6.45) is 4.43. The highest BCUT2D eigenvalue weighted by Crippen LogP contribution is 2.39. The Bertz CT molecular complexity index is 494. The zero-order valence-electron chi connectivity index (χ0n) is 12.8. The van der Waals surface area contributed by atoms with E-state index in [1.807, 2.05) is 0 Å². The predicted octanol–water partition coefficient (Wildman–Crippen LogP) is 2.61. The third-order valence-electron chi connectivity index (χ3n) is 5.37. The summed E-state index contributed by atoms with van der Waals surface area (Å²) >= 11 is 0. The lowest BCUT2D eigenvalue weighted by molar-refractivity contribution is 0.0363. The molecule has 4 heteroatoms. The average Bonchev–Trinajstić information content (AvgIpc) is 2.71. The molecule has 2 fully saturated rings. The standard InChI is InChI=1S/C17H24FNO2/c1-19-13-6-7-14(19)9-12(8-13)15(20)10-11-4-3-5-16(21-2)17(11)18/h3-5,12-15,20H,6-10H2,1-2H3. The number of piperidine rings is 1. The quantitative estimate of drug-likeness (QED) is 0.926. The summed E-state index contributed by atoms with van der Waals surface area (Å²) in [5, 5.41) is 10.5. The van der Waals surface area contributed by atoms with Crippen molar-refractivity contribution in [3.05, 3.63) is 29.6 Å². The van der Waals surface area contributed by atoms with Gasteiger partial charge >= 0.3 is 0 Å². The molecular formula is C17H24FNO2. The maximum absolute atomic E-state index is 14.2. The molecule has 0 aromatic heterocycles. The number of hydrogen-bond donors (Lipinski definition) is 1. The van der Waals surface area contributed by atoms with Gasteiger partial charge in [0, 0.05) is 18.5 Å². The summed E-state index contributed by atoms with van der Waals surface area (Å²) in [4.78, 5) is 2.45. The van der Waals surface area contributed by atoms with Crippen molar-refractivity contribution in [3.63, 3.8) is 0 Å². The number of ether oxygens (including phenoxy) is 1. The molecule has 0 amide bonds. The fourth-order valence-electron chi connectivity index (χ4n) is 4.03. The van der Waals surface area contributed by atoms with Crippen LogP contribution < -0.4 is 4.74 Å². The number of hydrogen-bond acceptors (Lipinski definition) is 3. The van der Waals surface area contributed by atoms with E-state index in [9.17, 15) is 9.50 Å². The van der Waals surface area contributed by atoms with Gasteiger partial charge in [-0.2, -0.15) is 0 Å². The molecule has 3 atom stereocenters. The Labute approximate surface area is 125 Å². The maximum Gasteiger partial charge on any atom is 0.168 e. The highest BCUT2D eigenvalue weighted by Gasteiger charge is 2.40. The first-order valence-electron chi connectivity index (χ1n) is 7.81. The van der Waals surface area contributed by atoms with Crippen LogP contribution in [0.15, 0.2) is 18.2 Å². The van der Waals surface area contributed by atoms with Crippen LogP contribution in [0.4, 0.5) is 4.39 Å². The summed E-state index contributed by atoms with van der Waals surface area (Å²) in [7, 11) is 3.65. The zero-order chi connectivity index (χ0) is 15.0. The van der Waals surface area contributed by atoms with Gasteiger partial charge in [-0.25, -0.2) is 4.39 Å². The van der Waals surface area contributed by atoms with Crippen molar-refractivity contribution in [1.82, 2.24) is 4.90 Å². The van der Waals surface area contributed by atoms with Gasteiger partial charge in [0.2, 0.25) is 0 Å². The molecule has 3 rings (SSSR count). The molecule has 0 aliphatic carbocycles. The Morgan fingerprint density at radius 1 is 1.33 bits per heavy atom. The van der Waals surface area contributed by atoms with Crippen LogP contribution in [0.5, 0.6) is 5.75 Å². The third-order valence-corrected chi connectivity index (χ3v) is 5.37. The first-order chi connectivity index (χ1) is 10.1. The van der Waals surface area contributed by atoms with Crippen LogP contribution in [-0.2, 0) is 6.42 Å². The van der Waals surface area contributed by atoms with Gasteiger partial charge in [-0.1, -0.05) is 12.1 Å². The fraction of sp³-hybridized carbons (Fsp3) is 0.647. The molecule has 3 nitrogen and oxygen atoms in total. The molecule has 2 aliphatic rings. The van der Waals surface area contributed by atoms with Gasteiger partial charge in [-0.15, -0.1) is 0 Å². The normalized spacial score (nSPS) is 30.4. The number of aliphatic hydroxyl groups is 1. The number of nitrogens with zero attached hydrogens (tertiary/aromatic N) is 1. The van der Waals surface area contributed by atoms with Crippen molar-refractivity contribution in [2.24, 2.45) is 5.92 Å². The summed E-state index contributed by atoms with van der Waals surface area (Å²) in [6.45, 7) is 0. The van der Waals surface area contributed by atoms with E-state index in [1.165, 1.54) is 20.0 Å². The number of rotatable bonds is 4. The van der Waals surface area contributed by atoms with Gasteiger partial charge in [-0.3, -0.25) is 0 Å². The van der Waals surface area contributed by atoms with E-state index in [2.05, 4.69) is 11.9 Å². The molecule has 2 aliphatic heterocycles. The monoisotopic (exact) mass is 293 g/mol. The van der Waals surface area contributed by atoms with Gasteiger partial charge in [-0.05, 0) is 50.3 Å². The lowest BCUT2D eigenvalue weighted by Gasteiger charge is -2.38. The van der Waals surface area contributed by atoms with Crippen LogP contribution in [0.25, 0.3) is 0 Å². The third kappa shape index (κ3) is 2.79. The van der Waals surface area contributed by atoms with E-state index in [1.54, 1.807) is 18.2 Å². The first-order valence-corrected chi connectivity index (χ1v) is 7.81. The molecule has 3 unspecified atom stereocenters. The SMILES string of the molecule is COc1cccc(CC(O)C2CC3CCC(C2)N3C)c1F. The van der Waals surface area contributed by atoms with Crippen LogP contribution in [-0.4, -0.2) is 42.4 Å². The average molecular weight is 293 g/mol. The first kappa shape index (κ1) is 14.8. The summed E-state index contributed by atoms with van der Waals surface area (Å²) < 4.78 is 19.2. The second-order valence-electron chi connectivity index (χ2n) is 6.49.